The van der Waals surface area contributed by atoms with E-state index in [1.54, 1.807) is 7.11 Å². The topological polar surface area (TPSA) is 39.4 Å². The van der Waals surface area contributed by atoms with Crippen LogP contribution in [0.1, 0.15) is 23.4 Å². The number of alkyl halides is 3. The molecular formula is C22H20F3N3O. The van der Waals surface area contributed by atoms with Crippen LogP contribution < -0.4 is 0 Å². The molecule has 0 unspecified atom stereocenters. The molecule has 0 amide bonds. The molecule has 29 heavy (non-hydrogen) atoms. The summed E-state index contributed by atoms with van der Waals surface area (Å²) in [5, 5.41) is 9.32. The van der Waals surface area contributed by atoms with Gasteiger partial charge in [-0.05, 0) is 66.8 Å². The van der Waals surface area contributed by atoms with E-state index in [1.807, 2.05) is 23.5 Å². The second-order valence-corrected chi connectivity index (χ2v) is 7.02. The minimum absolute atomic E-state index is 0.662. The predicted octanol–water partition coefficient (Wildman–Crippen LogP) is 5.46. The van der Waals surface area contributed by atoms with E-state index in [0.717, 1.165) is 52.8 Å². The number of aromatic nitrogens is 3. The van der Waals surface area contributed by atoms with Crippen molar-refractivity contribution >= 4 is 16.6 Å². The van der Waals surface area contributed by atoms with Crippen LogP contribution in [0.3, 0.4) is 0 Å². The molecule has 0 radical (unpaired) electrons. The fourth-order valence-electron chi connectivity index (χ4n) is 3.62. The van der Waals surface area contributed by atoms with Gasteiger partial charge in [-0.1, -0.05) is 18.2 Å². The molecule has 0 aliphatic rings. The molecule has 0 saturated carbocycles. The molecular weight excluding hydrogens is 379 g/mol. The van der Waals surface area contributed by atoms with Gasteiger partial charge >= 0.3 is 6.18 Å². The Morgan fingerprint density at radius 3 is 2.45 bits per heavy atom. The second kappa shape index (κ2) is 7.48. The Morgan fingerprint density at radius 2 is 1.76 bits per heavy atom. The molecule has 0 bridgehead atoms. The molecule has 4 nitrogen and oxygen atoms in total. The van der Waals surface area contributed by atoms with Crippen LogP contribution in [0.15, 0.2) is 48.5 Å². The Morgan fingerprint density at radius 1 is 1.00 bits per heavy atom. The van der Waals surface area contributed by atoms with Gasteiger partial charge in [0, 0.05) is 19.1 Å². The standard InChI is InChI=1S/C22H20F3N3O/c1-14-26-27-21-13-18(16-6-8-17(9-7-16)22(23,24)25)19-12-15(4-3-11-29-2)5-10-20(19)28(14)21/h5-10,12-13H,3-4,11H2,1-2H3. The van der Waals surface area contributed by atoms with Crippen LogP contribution in [0, 0.1) is 6.92 Å². The van der Waals surface area contributed by atoms with Gasteiger partial charge in [0.15, 0.2) is 5.65 Å². The number of aryl methyl sites for hydroxylation is 2. The number of benzene rings is 2. The van der Waals surface area contributed by atoms with Crippen LogP contribution in [0.4, 0.5) is 13.2 Å². The maximum atomic E-state index is 13.0. The molecule has 4 aromatic rings. The number of methoxy groups -OCH3 is 1. The number of halogens is 3. The van der Waals surface area contributed by atoms with Crippen molar-refractivity contribution < 1.29 is 17.9 Å². The minimum atomic E-state index is -4.36. The Bertz CT molecular complexity index is 1160. The number of rotatable bonds is 5. The van der Waals surface area contributed by atoms with Crippen LogP contribution in [-0.2, 0) is 17.3 Å². The molecule has 2 aromatic carbocycles. The number of hydrogen-bond donors (Lipinski definition) is 0. The third-order valence-corrected chi connectivity index (χ3v) is 5.05. The van der Waals surface area contributed by atoms with Crippen LogP contribution in [0.5, 0.6) is 0 Å². The van der Waals surface area contributed by atoms with Crippen molar-refractivity contribution in [2.24, 2.45) is 0 Å². The van der Waals surface area contributed by atoms with Gasteiger partial charge in [0.1, 0.15) is 5.82 Å². The molecule has 2 aromatic heterocycles. The largest absolute Gasteiger partial charge is 0.416 e. The van der Waals surface area contributed by atoms with Gasteiger partial charge in [0.2, 0.25) is 0 Å². The molecule has 150 valence electrons. The van der Waals surface area contributed by atoms with Gasteiger partial charge in [-0.3, -0.25) is 4.40 Å². The number of nitrogens with zero attached hydrogens (tertiary/aromatic N) is 3. The van der Waals surface area contributed by atoms with Crippen molar-refractivity contribution in [1.82, 2.24) is 14.6 Å². The van der Waals surface area contributed by atoms with E-state index >= 15 is 0 Å². The maximum absolute atomic E-state index is 13.0. The van der Waals surface area contributed by atoms with Gasteiger partial charge in [0.05, 0.1) is 11.1 Å². The van der Waals surface area contributed by atoms with Gasteiger partial charge in [-0.15, -0.1) is 10.2 Å². The molecule has 0 aliphatic carbocycles. The molecule has 0 N–H and O–H groups in total. The van der Waals surface area contributed by atoms with Crippen LogP contribution in [-0.4, -0.2) is 28.3 Å². The van der Waals surface area contributed by atoms with Gasteiger partial charge in [-0.2, -0.15) is 13.2 Å². The van der Waals surface area contributed by atoms with Crippen LogP contribution in [0.25, 0.3) is 27.7 Å². The molecule has 0 aliphatic heterocycles. The van der Waals surface area contributed by atoms with E-state index in [2.05, 4.69) is 22.3 Å². The number of fused-ring (bicyclic) bond motifs is 3. The average molecular weight is 399 g/mol. The van der Waals surface area contributed by atoms with Crippen molar-refractivity contribution in [3.8, 4) is 11.1 Å². The monoisotopic (exact) mass is 399 g/mol. The summed E-state index contributed by atoms with van der Waals surface area (Å²) in [4.78, 5) is 0. The predicted molar refractivity (Wildman–Crippen MR) is 106 cm³/mol. The second-order valence-electron chi connectivity index (χ2n) is 7.02. The van der Waals surface area contributed by atoms with Crippen molar-refractivity contribution in [2.45, 2.75) is 25.9 Å². The maximum Gasteiger partial charge on any atom is 0.416 e. The highest BCUT2D eigenvalue weighted by Crippen LogP contribution is 2.34. The summed E-state index contributed by atoms with van der Waals surface area (Å²) < 4.78 is 46.0. The lowest BCUT2D eigenvalue weighted by molar-refractivity contribution is -0.137. The molecule has 4 rings (SSSR count). The Labute approximate surface area is 165 Å². The lowest BCUT2D eigenvalue weighted by Crippen LogP contribution is -2.04. The summed E-state index contributed by atoms with van der Waals surface area (Å²) in [6.07, 6.45) is -2.61. The normalized spacial score (nSPS) is 12.2. The van der Waals surface area contributed by atoms with E-state index in [0.29, 0.717) is 17.8 Å². The highest BCUT2D eigenvalue weighted by Gasteiger charge is 2.30. The summed E-state index contributed by atoms with van der Waals surface area (Å²) in [7, 11) is 1.68. The third kappa shape index (κ3) is 3.70. The quantitative estimate of drug-likeness (QED) is 0.419. The molecule has 0 fully saturated rings. The van der Waals surface area contributed by atoms with E-state index in [9.17, 15) is 13.2 Å². The van der Waals surface area contributed by atoms with Crippen LogP contribution in [0.2, 0.25) is 0 Å². The smallest absolute Gasteiger partial charge is 0.385 e. The summed E-state index contributed by atoms with van der Waals surface area (Å²) in [5.74, 6) is 0.760. The number of hydrogen-bond acceptors (Lipinski definition) is 3. The van der Waals surface area contributed by atoms with Crippen LogP contribution >= 0.6 is 0 Å². The fraction of sp³-hybridized carbons (Fsp3) is 0.273. The first-order valence-corrected chi connectivity index (χ1v) is 9.32. The van der Waals surface area contributed by atoms with E-state index in [-0.39, 0.29) is 0 Å². The zero-order valence-electron chi connectivity index (χ0n) is 16.1. The lowest BCUT2D eigenvalue weighted by atomic mass is 9.97. The highest BCUT2D eigenvalue weighted by atomic mass is 19.4. The van der Waals surface area contributed by atoms with Gasteiger partial charge in [-0.25, -0.2) is 0 Å². The Hall–Kier alpha value is -2.93. The molecule has 2 heterocycles. The first-order chi connectivity index (χ1) is 13.9. The molecule has 0 saturated heterocycles. The molecule has 0 spiro atoms. The minimum Gasteiger partial charge on any atom is -0.385 e. The summed E-state index contributed by atoms with van der Waals surface area (Å²) >= 11 is 0. The fourth-order valence-corrected chi connectivity index (χ4v) is 3.62. The zero-order chi connectivity index (χ0) is 20.6. The van der Waals surface area contributed by atoms with Crippen molar-refractivity contribution in [3.63, 3.8) is 0 Å². The highest BCUT2D eigenvalue weighted by molar-refractivity contribution is 5.97. The van der Waals surface area contributed by atoms with Gasteiger partial charge in [0.25, 0.3) is 0 Å². The van der Waals surface area contributed by atoms with E-state index in [1.165, 1.54) is 12.1 Å². The Balaban J connectivity index is 1.89. The number of pyridine rings is 1. The first kappa shape index (κ1) is 19.4. The molecule has 7 heteroatoms. The zero-order valence-corrected chi connectivity index (χ0v) is 16.1. The van der Waals surface area contributed by atoms with Crippen molar-refractivity contribution in [3.05, 3.63) is 65.5 Å². The molecule has 0 atom stereocenters. The van der Waals surface area contributed by atoms with Gasteiger partial charge < -0.3 is 4.74 Å². The van der Waals surface area contributed by atoms with E-state index in [4.69, 9.17) is 4.74 Å². The number of ether oxygens (including phenoxy) is 1. The first-order valence-electron chi connectivity index (χ1n) is 9.32. The third-order valence-electron chi connectivity index (χ3n) is 5.05. The average Bonchev–Trinajstić information content (AvgIpc) is 3.08. The lowest BCUT2D eigenvalue weighted by Gasteiger charge is -2.13. The Kier molecular flexibility index (Phi) is 5.00. The summed E-state index contributed by atoms with van der Waals surface area (Å²) in [6, 6.07) is 13.3. The van der Waals surface area contributed by atoms with Crippen molar-refractivity contribution in [1.29, 1.82) is 0 Å². The van der Waals surface area contributed by atoms with Crippen molar-refractivity contribution in [2.75, 3.05) is 13.7 Å². The van der Waals surface area contributed by atoms with E-state index < -0.39 is 11.7 Å². The summed E-state index contributed by atoms with van der Waals surface area (Å²) in [6.45, 7) is 2.55. The SMILES string of the molecule is COCCCc1ccc2c(c1)c(-c1ccc(C(F)(F)F)cc1)cc1nnc(C)n12. The summed E-state index contributed by atoms with van der Waals surface area (Å²) in [5.41, 5.74) is 3.62.